The van der Waals surface area contributed by atoms with E-state index >= 15 is 0 Å². The molecule has 3 N–H and O–H groups in total. The van der Waals surface area contributed by atoms with Crippen molar-refractivity contribution >= 4 is 23.2 Å². The lowest BCUT2D eigenvalue weighted by atomic mass is 10.1. The van der Waals surface area contributed by atoms with Crippen molar-refractivity contribution < 1.29 is 4.79 Å². The SMILES string of the molecule is Nc1ccc(C(=O)NCCN2CCCCC2)c(Cl)c1. The molecule has 0 atom stereocenters. The van der Waals surface area contributed by atoms with Crippen LogP contribution in [0.25, 0.3) is 0 Å². The van der Waals surface area contributed by atoms with Crippen LogP contribution in [0, 0.1) is 0 Å². The summed E-state index contributed by atoms with van der Waals surface area (Å²) in [7, 11) is 0. The zero-order chi connectivity index (χ0) is 13.7. The Morgan fingerprint density at radius 3 is 2.74 bits per heavy atom. The number of likely N-dealkylation sites (tertiary alicyclic amines) is 1. The molecule has 0 saturated carbocycles. The van der Waals surface area contributed by atoms with Crippen molar-refractivity contribution in [1.82, 2.24) is 10.2 Å². The van der Waals surface area contributed by atoms with E-state index in [0.29, 0.717) is 22.8 Å². The summed E-state index contributed by atoms with van der Waals surface area (Å²) in [6, 6.07) is 4.94. The number of amides is 1. The van der Waals surface area contributed by atoms with E-state index in [-0.39, 0.29) is 5.91 Å². The van der Waals surface area contributed by atoms with Crippen molar-refractivity contribution in [2.24, 2.45) is 0 Å². The maximum absolute atomic E-state index is 12.0. The second-order valence-corrected chi connectivity index (χ2v) is 5.30. The molecular weight excluding hydrogens is 262 g/mol. The smallest absolute Gasteiger partial charge is 0.252 e. The number of hydrogen-bond acceptors (Lipinski definition) is 3. The third-order valence-electron chi connectivity index (χ3n) is 3.40. The highest BCUT2D eigenvalue weighted by Gasteiger charge is 2.12. The highest BCUT2D eigenvalue weighted by molar-refractivity contribution is 6.34. The molecule has 2 rings (SSSR count). The molecule has 4 nitrogen and oxygen atoms in total. The molecule has 1 fully saturated rings. The lowest BCUT2D eigenvalue weighted by Crippen LogP contribution is -2.37. The number of halogens is 1. The van der Waals surface area contributed by atoms with Crippen molar-refractivity contribution in [2.45, 2.75) is 19.3 Å². The van der Waals surface area contributed by atoms with Crippen molar-refractivity contribution in [1.29, 1.82) is 0 Å². The lowest BCUT2D eigenvalue weighted by molar-refractivity contribution is 0.0947. The number of hydrogen-bond donors (Lipinski definition) is 2. The summed E-state index contributed by atoms with van der Waals surface area (Å²) >= 11 is 6.00. The maximum atomic E-state index is 12.0. The number of piperidine rings is 1. The number of nitrogens with zero attached hydrogens (tertiary/aromatic N) is 1. The van der Waals surface area contributed by atoms with Gasteiger partial charge in [0.15, 0.2) is 0 Å². The molecule has 0 aliphatic carbocycles. The van der Waals surface area contributed by atoms with Gasteiger partial charge in [-0.1, -0.05) is 18.0 Å². The first-order valence-electron chi connectivity index (χ1n) is 6.72. The topological polar surface area (TPSA) is 58.4 Å². The highest BCUT2D eigenvalue weighted by Crippen LogP contribution is 2.18. The van der Waals surface area contributed by atoms with Crippen LogP contribution in [0.3, 0.4) is 0 Å². The Morgan fingerprint density at radius 1 is 1.32 bits per heavy atom. The van der Waals surface area contributed by atoms with Gasteiger partial charge in [0.2, 0.25) is 0 Å². The van der Waals surface area contributed by atoms with Gasteiger partial charge in [-0.2, -0.15) is 0 Å². The first-order chi connectivity index (χ1) is 9.16. The Labute approximate surface area is 118 Å². The normalized spacial score (nSPS) is 16.3. The van der Waals surface area contributed by atoms with Crippen LogP contribution in [0.15, 0.2) is 18.2 Å². The third kappa shape index (κ3) is 4.11. The minimum atomic E-state index is -0.137. The monoisotopic (exact) mass is 281 g/mol. The largest absolute Gasteiger partial charge is 0.399 e. The Kier molecular flexibility index (Phi) is 5.05. The number of anilines is 1. The fraction of sp³-hybridized carbons (Fsp3) is 0.500. The van der Waals surface area contributed by atoms with E-state index < -0.39 is 0 Å². The number of carbonyl (C=O) groups excluding carboxylic acids is 1. The number of benzene rings is 1. The molecule has 0 spiro atoms. The summed E-state index contributed by atoms with van der Waals surface area (Å²) in [4.78, 5) is 14.3. The van der Waals surface area contributed by atoms with E-state index in [1.165, 1.54) is 19.3 Å². The Morgan fingerprint density at radius 2 is 2.05 bits per heavy atom. The number of nitrogens with two attached hydrogens (primary N) is 1. The quantitative estimate of drug-likeness (QED) is 0.832. The fourth-order valence-corrected chi connectivity index (χ4v) is 2.60. The van der Waals surface area contributed by atoms with E-state index in [9.17, 15) is 4.79 Å². The zero-order valence-electron chi connectivity index (χ0n) is 11.0. The van der Waals surface area contributed by atoms with Gasteiger partial charge in [0.25, 0.3) is 5.91 Å². The molecule has 0 radical (unpaired) electrons. The lowest BCUT2D eigenvalue weighted by Gasteiger charge is -2.26. The summed E-state index contributed by atoms with van der Waals surface area (Å²) < 4.78 is 0. The summed E-state index contributed by atoms with van der Waals surface area (Å²) in [5.41, 5.74) is 6.65. The van der Waals surface area contributed by atoms with Crippen LogP contribution in [0.2, 0.25) is 5.02 Å². The average molecular weight is 282 g/mol. The van der Waals surface area contributed by atoms with E-state index in [0.717, 1.165) is 19.6 Å². The second kappa shape index (κ2) is 6.78. The summed E-state index contributed by atoms with van der Waals surface area (Å²) in [5.74, 6) is -0.137. The van der Waals surface area contributed by atoms with Crippen molar-refractivity contribution in [2.75, 3.05) is 31.9 Å². The van der Waals surface area contributed by atoms with Gasteiger partial charge in [-0.3, -0.25) is 4.79 Å². The van der Waals surface area contributed by atoms with E-state index in [4.69, 9.17) is 17.3 Å². The second-order valence-electron chi connectivity index (χ2n) is 4.90. The van der Waals surface area contributed by atoms with Crippen LogP contribution in [0.4, 0.5) is 5.69 Å². The Balaban J connectivity index is 1.80. The van der Waals surface area contributed by atoms with Gasteiger partial charge < -0.3 is 16.0 Å². The Bertz CT molecular complexity index is 444. The van der Waals surface area contributed by atoms with Crippen molar-refractivity contribution in [3.63, 3.8) is 0 Å². The zero-order valence-corrected chi connectivity index (χ0v) is 11.7. The number of rotatable bonds is 4. The van der Waals surface area contributed by atoms with Crippen molar-refractivity contribution in [3.8, 4) is 0 Å². The van der Waals surface area contributed by atoms with Crippen LogP contribution >= 0.6 is 11.6 Å². The standard InChI is InChI=1S/C14H20ClN3O/c15-13-10-11(16)4-5-12(13)14(19)17-6-9-18-7-2-1-3-8-18/h4-5,10H,1-3,6-9,16H2,(H,17,19). The van der Waals surface area contributed by atoms with Crippen LogP contribution < -0.4 is 11.1 Å². The molecule has 1 aromatic rings. The molecule has 0 unspecified atom stereocenters. The van der Waals surface area contributed by atoms with Gasteiger partial charge in [0, 0.05) is 18.8 Å². The van der Waals surface area contributed by atoms with Gasteiger partial charge in [0.05, 0.1) is 10.6 Å². The molecule has 0 aromatic heterocycles. The average Bonchev–Trinajstić information content (AvgIpc) is 2.39. The molecule has 1 heterocycles. The Hall–Kier alpha value is -1.26. The molecule has 1 aliphatic heterocycles. The fourth-order valence-electron chi connectivity index (χ4n) is 2.32. The van der Waals surface area contributed by atoms with E-state index in [1.54, 1.807) is 18.2 Å². The highest BCUT2D eigenvalue weighted by atomic mass is 35.5. The molecule has 19 heavy (non-hydrogen) atoms. The summed E-state index contributed by atoms with van der Waals surface area (Å²) in [6.07, 6.45) is 3.85. The number of carbonyl (C=O) groups is 1. The van der Waals surface area contributed by atoms with Gasteiger partial charge in [-0.15, -0.1) is 0 Å². The minimum absolute atomic E-state index is 0.137. The summed E-state index contributed by atoms with van der Waals surface area (Å²) in [6.45, 7) is 3.83. The molecule has 5 heteroatoms. The van der Waals surface area contributed by atoms with Gasteiger partial charge in [-0.25, -0.2) is 0 Å². The van der Waals surface area contributed by atoms with Crippen molar-refractivity contribution in [3.05, 3.63) is 28.8 Å². The van der Waals surface area contributed by atoms with Gasteiger partial charge >= 0.3 is 0 Å². The number of nitrogens with one attached hydrogen (secondary N) is 1. The van der Waals surface area contributed by atoms with E-state index in [1.807, 2.05) is 0 Å². The van der Waals surface area contributed by atoms with Gasteiger partial charge in [-0.05, 0) is 44.1 Å². The van der Waals surface area contributed by atoms with Crippen LogP contribution in [-0.4, -0.2) is 37.0 Å². The molecule has 1 saturated heterocycles. The van der Waals surface area contributed by atoms with Gasteiger partial charge in [0.1, 0.15) is 0 Å². The molecule has 1 aliphatic rings. The van der Waals surface area contributed by atoms with E-state index in [2.05, 4.69) is 10.2 Å². The molecule has 104 valence electrons. The first-order valence-corrected chi connectivity index (χ1v) is 7.10. The predicted molar refractivity (Wildman–Crippen MR) is 78.5 cm³/mol. The molecular formula is C14H20ClN3O. The summed E-state index contributed by atoms with van der Waals surface area (Å²) in [5, 5.41) is 3.30. The minimum Gasteiger partial charge on any atom is -0.399 e. The third-order valence-corrected chi connectivity index (χ3v) is 3.71. The molecule has 1 amide bonds. The van der Waals surface area contributed by atoms with Crippen LogP contribution in [0.5, 0.6) is 0 Å². The maximum Gasteiger partial charge on any atom is 0.252 e. The molecule has 1 aromatic carbocycles. The van der Waals surface area contributed by atoms with Crippen LogP contribution in [-0.2, 0) is 0 Å². The first kappa shape index (κ1) is 14.2. The predicted octanol–water partition coefficient (Wildman–Crippen LogP) is 2.14. The van der Waals surface area contributed by atoms with Crippen LogP contribution in [0.1, 0.15) is 29.6 Å². The molecule has 0 bridgehead atoms. The number of nitrogen functional groups attached to an aromatic ring is 1.